The molecule has 7 heteroatoms. The normalized spacial score (nSPS) is 12.9. The van der Waals surface area contributed by atoms with E-state index in [1.54, 1.807) is 20.8 Å². The molecule has 7 nitrogen and oxygen atoms in total. The summed E-state index contributed by atoms with van der Waals surface area (Å²) >= 11 is 0. The molecule has 0 saturated carbocycles. The van der Waals surface area contributed by atoms with Crippen molar-refractivity contribution in [2.75, 3.05) is 6.54 Å². The predicted octanol–water partition coefficient (Wildman–Crippen LogP) is 1.21. The highest BCUT2D eigenvalue weighted by Gasteiger charge is 2.32. The van der Waals surface area contributed by atoms with E-state index in [9.17, 15) is 14.4 Å². The van der Waals surface area contributed by atoms with E-state index in [1.165, 1.54) is 0 Å². The van der Waals surface area contributed by atoms with Crippen molar-refractivity contribution in [1.82, 2.24) is 4.90 Å². The third-order valence-corrected chi connectivity index (χ3v) is 2.22. The number of ether oxygens (including phenoxy) is 1. The molecule has 0 aromatic carbocycles. The largest absolute Gasteiger partial charge is 0.480 e. The molecule has 0 fully saturated rings. The van der Waals surface area contributed by atoms with Gasteiger partial charge in [-0.1, -0.05) is 13.8 Å². The maximum Gasteiger partial charge on any atom is 0.417 e. The monoisotopic (exact) mass is 288 g/mol. The van der Waals surface area contributed by atoms with E-state index >= 15 is 0 Å². The Morgan fingerprint density at radius 2 is 1.75 bits per heavy atom. The van der Waals surface area contributed by atoms with Gasteiger partial charge in [-0.05, 0) is 33.1 Å². The molecule has 0 aromatic rings. The highest BCUT2D eigenvalue weighted by atomic mass is 16.6. The fraction of sp³-hybridized carbons (Fsp3) is 0.769. The lowest BCUT2D eigenvalue weighted by Gasteiger charge is -2.27. The second-order valence-electron chi connectivity index (χ2n) is 6.03. The van der Waals surface area contributed by atoms with Crippen molar-refractivity contribution < 1.29 is 24.2 Å². The topological polar surface area (TPSA) is 110 Å². The third-order valence-electron chi connectivity index (χ3n) is 2.22. The second-order valence-corrected chi connectivity index (χ2v) is 6.03. The summed E-state index contributed by atoms with van der Waals surface area (Å²) in [5.74, 6) is -1.89. The molecule has 0 rings (SSSR count). The van der Waals surface area contributed by atoms with Gasteiger partial charge in [0.05, 0.1) is 6.04 Å². The number of rotatable bonds is 5. The van der Waals surface area contributed by atoms with Gasteiger partial charge in [-0.3, -0.25) is 9.59 Å². The van der Waals surface area contributed by atoms with Crippen LogP contribution in [0.3, 0.4) is 0 Å². The van der Waals surface area contributed by atoms with Crippen LogP contribution < -0.4 is 5.73 Å². The summed E-state index contributed by atoms with van der Waals surface area (Å²) in [6, 6.07) is -0.929. The van der Waals surface area contributed by atoms with Gasteiger partial charge in [0.2, 0.25) is 5.91 Å². The first-order valence-corrected chi connectivity index (χ1v) is 6.45. The number of carboxylic acids is 1. The van der Waals surface area contributed by atoms with Crippen LogP contribution in [0.1, 0.15) is 41.0 Å². The second kappa shape index (κ2) is 7.23. The van der Waals surface area contributed by atoms with E-state index in [4.69, 9.17) is 15.6 Å². The van der Waals surface area contributed by atoms with Crippen LogP contribution >= 0.6 is 0 Å². The minimum Gasteiger partial charge on any atom is -0.480 e. The zero-order chi connectivity index (χ0) is 16.1. The molecule has 0 spiro atoms. The predicted molar refractivity (Wildman–Crippen MR) is 73.0 cm³/mol. The molecule has 0 bridgehead atoms. The number of carboxylic acid groups (broad SMARTS) is 1. The van der Waals surface area contributed by atoms with Crippen LogP contribution in [0.15, 0.2) is 0 Å². The summed E-state index contributed by atoms with van der Waals surface area (Å²) in [4.78, 5) is 35.3. The van der Waals surface area contributed by atoms with Gasteiger partial charge in [0.1, 0.15) is 12.1 Å². The van der Waals surface area contributed by atoms with E-state index in [0.717, 1.165) is 0 Å². The van der Waals surface area contributed by atoms with Gasteiger partial charge < -0.3 is 15.6 Å². The number of nitrogens with two attached hydrogens (primary N) is 1. The Kier molecular flexibility index (Phi) is 6.64. The van der Waals surface area contributed by atoms with E-state index in [2.05, 4.69) is 0 Å². The minimum absolute atomic E-state index is 0.152. The van der Waals surface area contributed by atoms with Gasteiger partial charge in [0.15, 0.2) is 0 Å². The van der Waals surface area contributed by atoms with Crippen molar-refractivity contribution in [2.45, 2.75) is 52.7 Å². The van der Waals surface area contributed by atoms with Crippen molar-refractivity contribution in [3.8, 4) is 0 Å². The fourth-order valence-corrected chi connectivity index (χ4v) is 1.49. The van der Waals surface area contributed by atoms with E-state index in [0.29, 0.717) is 11.3 Å². The Morgan fingerprint density at radius 1 is 1.25 bits per heavy atom. The quantitative estimate of drug-likeness (QED) is 0.786. The number of nitrogens with zero attached hydrogens (tertiary/aromatic N) is 1. The van der Waals surface area contributed by atoms with Crippen LogP contribution in [0.2, 0.25) is 0 Å². The Hall–Kier alpha value is -1.63. The Balaban J connectivity index is 5.00. The molecular formula is C13H24N2O5. The van der Waals surface area contributed by atoms with Crippen LogP contribution in [0.25, 0.3) is 0 Å². The van der Waals surface area contributed by atoms with Crippen LogP contribution in [-0.4, -0.2) is 46.2 Å². The molecule has 0 saturated heterocycles. The van der Waals surface area contributed by atoms with Crippen molar-refractivity contribution in [2.24, 2.45) is 11.7 Å². The molecule has 1 unspecified atom stereocenters. The summed E-state index contributed by atoms with van der Waals surface area (Å²) in [5.41, 5.74) is 4.88. The summed E-state index contributed by atoms with van der Waals surface area (Å²) in [6.45, 7) is 7.87. The van der Waals surface area contributed by atoms with E-state index < -0.39 is 36.2 Å². The SMILES string of the molecule is CC(C)CC(N)C(=O)N(CC(=O)O)C(=O)OC(C)(C)C. The summed E-state index contributed by atoms with van der Waals surface area (Å²) < 4.78 is 5.02. The van der Waals surface area contributed by atoms with E-state index in [1.807, 2.05) is 13.8 Å². The first-order valence-electron chi connectivity index (χ1n) is 6.45. The van der Waals surface area contributed by atoms with Gasteiger partial charge in [0.25, 0.3) is 0 Å². The molecule has 0 heterocycles. The van der Waals surface area contributed by atoms with Gasteiger partial charge in [-0.2, -0.15) is 0 Å². The van der Waals surface area contributed by atoms with Gasteiger partial charge >= 0.3 is 12.1 Å². The zero-order valence-electron chi connectivity index (χ0n) is 12.7. The summed E-state index contributed by atoms with van der Waals surface area (Å²) in [7, 11) is 0. The maximum atomic E-state index is 12.1. The van der Waals surface area contributed by atoms with Gasteiger partial charge in [0, 0.05) is 0 Å². The van der Waals surface area contributed by atoms with Crippen molar-refractivity contribution in [3.05, 3.63) is 0 Å². The average Bonchev–Trinajstić information content (AvgIpc) is 2.21. The van der Waals surface area contributed by atoms with Crippen LogP contribution in [0, 0.1) is 5.92 Å². The number of carbonyl (C=O) groups is 3. The van der Waals surface area contributed by atoms with Crippen molar-refractivity contribution in [1.29, 1.82) is 0 Å². The number of amides is 2. The van der Waals surface area contributed by atoms with Crippen LogP contribution in [-0.2, 0) is 14.3 Å². The molecule has 2 amide bonds. The smallest absolute Gasteiger partial charge is 0.417 e. The lowest BCUT2D eigenvalue weighted by Crippen LogP contribution is -2.50. The number of hydrogen-bond acceptors (Lipinski definition) is 5. The molecule has 20 heavy (non-hydrogen) atoms. The first kappa shape index (κ1) is 18.4. The Morgan fingerprint density at radius 3 is 2.10 bits per heavy atom. The van der Waals surface area contributed by atoms with Crippen LogP contribution in [0.5, 0.6) is 0 Å². The van der Waals surface area contributed by atoms with Gasteiger partial charge in [-0.15, -0.1) is 0 Å². The van der Waals surface area contributed by atoms with Crippen LogP contribution in [0.4, 0.5) is 4.79 Å². The molecule has 0 aliphatic heterocycles. The molecule has 116 valence electrons. The van der Waals surface area contributed by atoms with Gasteiger partial charge in [-0.25, -0.2) is 9.69 Å². The fourth-order valence-electron chi connectivity index (χ4n) is 1.49. The van der Waals surface area contributed by atoms with E-state index in [-0.39, 0.29) is 5.92 Å². The number of carbonyl (C=O) groups excluding carboxylic acids is 2. The first-order chi connectivity index (χ1) is 8.94. The molecule has 0 radical (unpaired) electrons. The third kappa shape index (κ3) is 7.08. The average molecular weight is 288 g/mol. The molecule has 1 atom stereocenters. The molecule has 0 aliphatic carbocycles. The lowest BCUT2D eigenvalue weighted by atomic mass is 10.0. The molecule has 3 N–H and O–H groups in total. The molecule has 0 aliphatic rings. The summed E-state index contributed by atoms with van der Waals surface area (Å²) in [5, 5.41) is 8.80. The minimum atomic E-state index is -1.30. The van der Waals surface area contributed by atoms with Crippen molar-refractivity contribution in [3.63, 3.8) is 0 Å². The maximum absolute atomic E-state index is 12.1. The number of imide groups is 1. The number of hydrogen-bond donors (Lipinski definition) is 2. The molecular weight excluding hydrogens is 264 g/mol. The highest BCUT2D eigenvalue weighted by Crippen LogP contribution is 2.12. The zero-order valence-corrected chi connectivity index (χ0v) is 12.7. The summed E-state index contributed by atoms with van der Waals surface area (Å²) in [6.07, 6.45) is -0.637. The van der Waals surface area contributed by atoms with Crippen molar-refractivity contribution >= 4 is 18.0 Å². The highest BCUT2D eigenvalue weighted by molar-refractivity contribution is 5.97. The standard InChI is InChI=1S/C13H24N2O5/c1-8(2)6-9(14)11(18)15(7-10(16)17)12(19)20-13(3,4)5/h8-9H,6-7,14H2,1-5H3,(H,16,17). The Bertz CT molecular complexity index is 373. The Labute approximate surface area is 119 Å². The molecule has 0 aromatic heterocycles. The number of aliphatic carboxylic acids is 1. The lowest BCUT2D eigenvalue weighted by molar-refractivity contribution is -0.144.